The summed E-state index contributed by atoms with van der Waals surface area (Å²) in [4.78, 5) is 16.0. The number of carbonyl (C=O) groups excluding carboxylic acids is 1. The van der Waals surface area contributed by atoms with Gasteiger partial charge in [0.2, 0.25) is 0 Å². The van der Waals surface area contributed by atoms with Crippen LogP contribution in [0.1, 0.15) is 23.2 Å². The van der Waals surface area contributed by atoms with Gasteiger partial charge in [0.05, 0.1) is 24.0 Å². The van der Waals surface area contributed by atoms with Crippen LogP contribution < -0.4 is 5.32 Å². The highest BCUT2D eigenvalue weighted by Crippen LogP contribution is 2.28. The SMILES string of the molecule is O=C(N[C@@H]1CC(Cn2ccnc2)C[C@H]1O)c1coc(Cl)c1. The van der Waals surface area contributed by atoms with Crippen LogP contribution >= 0.6 is 11.6 Å². The molecular formula is C14H16ClN3O3. The maximum Gasteiger partial charge on any atom is 0.254 e. The van der Waals surface area contributed by atoms with Crippen molar-refractivity contribution in [3.05, 3.63) is 41.8 Å². The van der Waals surface area contributed by atoms with E-state index in [9.17, 15) is 9.90 Å². The standard InChI is InChI=1S/C14H16ClN3O3/c15-13-5-10(7-21-13)14(20)17-11-3-9(4-12(11)19)6-18-2-1-16-8-18/h1-2,5,7-9,11-12,19H,3-4,6H2,(H,17,20)/t9?,11-,12-/m1/s1. The van der Waals surface area contributed by atoms with Gasteiger partial charge in [-0.1, -0.05) is 0 Å². The van der Waals surface area contributed by atoms with Crippen LogP contribution in [0.2, 0.25) is 5.22 Å². The number of furan rings is 1. The maximum absolute atomic E-state index is 12.0. The monoisotopic (exact) mass is 309 g/mol. The molecule has 0 aromatic carbocycles. The molecule has 112 valence electrons. The molecule has 21 heavy (non-hydrogen) atoms. The summed E-state index contributed by atoms with van der Waals surface area (Å²) in [7, 11) is 0. The Balaban J connectivity index is 1.57. The van der Waals surface area contributed by atoms with Gasteiger partial charge in [0.15, 0.2) is 5.22 Å². The summed E-state index contributed by atoms with van der Waals surface area (Å²) in [5.74, 6) is 0.0328. The number of rotatable bonds is 4. The second kappa shape index (κ2) is 5.91. The number of hydrogen-bond acceptors (Lipinski definition) is 4. The number of nitrogens with zero attached hydrogens (tertiary/aromatic N) is 2. The highest BCUT2D eigenvalue weighted by atomic mass is 35.5. The molecule has 6 nitrogen and oxygen atoms in total. The van der Waals surface area contributed by atoms with E-state index in [4.69, 9.17) is 16.0 Å². The molecule has 2 aromatic rings. The number of imidazole rings is 1. The zero-order valence-electron chi connectivity index (χ0n) is 11.3. The van der Waals surface area contributed by atoms with Crippen LogP contribution in [0.4, 0.5) is 0 Å². The van der Waals surface area contributed by atoms with E-state index in [1.165, 1.54) is 12.3 Å². The lowest BCUT2D eigenvalue weighted by molar-refractivity contribution is 0.0872. The van der Waals surface area contributed by atoms with Crippen LogP contribution in [0.3, 0.4) is 0 Å². The lowest BCUT2D eigenvalue weighted by atomic mass is 10.1. The van der Waals surface area contributed by atoms with Gasteiger partial charge >= 0.3 is 0 Å². The van der Waals surface area contributed by atoms with Crippen molar-refractivity contribution in [2.24, 2.45) is 5.92 Å². The van der Waals surface area contributed by atoms with E-state index in [1.807, 2.05) is 10.8 Å². The van der Waals surface area contributed by atoms with E-state index in [2.05, 4.69) is 10.3 Å². The number of carbonyl (C=O) groups is 1. The number of hydrogen-bond donors (Lipinski definition) is 2. The number of aromatic nitrogens is 2. The highest BCUT2D eigenvalue weighted by molar-refractivity contribution is 6.29. The van der Waals surface area contributed by atoms with Crippen molar-refractivity contribution in [1.29, 1.82) is 0 Å². The predicted octanol–water partition coefficient (Wildman–Crippen LogP) is 1.70. The number of aliphatic hydroxyl groups is 1. The smallest absolute Gasteiger partial charge is 0.254 e. The molecule has 0 aliphatic heterocycles. The normalized spacial score (nSPS) is 25.1. The van der Waals surface area contributed by atoms with Gasteiger partial charge in [-0.2, -0.15) is 0 Å². The van der Waals surface area contributed by atoms with Crippen LogP contribution in [0, 0.1) is 5.92 Å². The summed E-state index contributed by atoms with van der Waals surface area (Å²) in [6, 6.07) is 1.21. The molecule has 1 aliphatic rings. The minimum absolute atomic E-state index is 0.171. The molecule has 0 spiro atoms. The zero-order chi connectivity index (χ0) is 14.8. The van der Waals surface area contributed by atoms with Crippen molar-refractivity contribution in [2.75, 3.05) is 0 Å². The first-order valence-electron chi connectivity index (χ1n) is 6.80. The topological polar surface area (TPSA) is 80.3 Å². The van der Waals surface area contributed by atoms with Crippen LogP contribution in [0.15, 0.2) is 35.5 Å². The number of nitrogens with one attached hydrogen (secondary N) is 1. The third-order valence-corrected chi connectivity index (χ3v) is 4.00. The summed E-state index contributed by atoms with van der Waals surface area (Å²) in [5, 5.41) is 13.1. The van der Waals surface area contributed by atoms with E-state index < -0.39 is 6.10 Å². The van der Waals surface area contributed by atoms with E-state index in [0.717, 1.165) is 13.0 Å². The highest BCUT2D eigenvalue weighted by Gasteiger charge is 2.34. The minimum atomic E-state index is -0.537. The first kappa shape index (κ1) is 14.2. The first-order chi connectivity index (χ1) is 10.1. The van der Waals surface area contributed by atoms with Crippen LogP contribution in [0.5, 0.6) is 0 Å². The van der Waals surface area contributed by atoms with Gasteiger partial charge in [-0.15, -0.1) is 0 Å². The number of amides is 1. The largest absolute Gasteiger partial charge is 0.452 e. The lowest BCUT2D eigenvalue weighted by Gasteiger charge is -2.15. The van der Waals surface area contributed by atoms with Gasteiger partial charge in [0.1, 0.15) is 6.26 Å². The van der Waals surface area contributed by atoms with Crippen molar-refractivity contribution < 1.29 is 14.3 Å². The molecule has 2 aromatic heterocycles. The molecule has 3 atom stereocenters. The summed E-state index contributed by atoms with van der Waals surface area (Å²) in [5.41, 5.74) is 0.366. The molecule has 0 bridgehead atoms. The summed E-state index contributed by atoms with van der Waals surface area (Å²) in [6.07, 6.45) is 7.54. The number of aliphatic hydroxyl groups excluding tert-OH is 1. The second-order valence-electron chi connectivity index (χ2n) is 5.38. The van der Waals surface area contributed by atoms with Gasteiger partial charge in [-0.25, -0.2) is 4.98 Å². The van der Waals surface area contributed by atoms with Crippen molar-refractivity contribution in [3.8, 4) is 0 Å². The predicted molar refractivity (Wildman–Crippen MR) is 75.9 cm³/mol. The van der Waals surface area contributed by atoms with Gasteiger partial charge in [-0.05, 0) is 30.4 Å². The lowest BCUT2D eigenvalue weighted by Crippen LogP contribution is -2.39. The number of halogens is 1. The molecule has 1 saturated carbocycles. The Morgan fingerprint density at radius 3 is 3.10 bits per heavy atom. The van der Waals surface area contributed by atoms with Gasteiger partial charge in [-0.3, -0.25) is 4.79 Å². The third kappa shape index (κ3) is 3.28. The van der Waals surface area contributed by atoms with Crippen molar-refractivity contribution in [1.82, 2.24) is 14.9 Å². The molecule has 0 saturated heterocycles. The van der Waals surface area contributed by atoms with E-state index in [0.29, 0.717) is 17.9 Å². The van der Waals surface area contributed by atoms with Crippen LogP contribution in [0.25, 0.3) is 0 Å². The second-order valence-corrected chi connectivity index (χ2v) is 5.76. The maximum atomic E-state index is 12.0. The Hall–Kier alpha value is -1.79. The van der Waals surface area contributed by atoms with Gasteiger partial charge in [0.25, 0.3) is 5.91 Å². The zero-order valence-corrected chi connectivity index (χ0v) is 12.0. The molecule has 2 N–H and O–H groups in total. The molecule has 0 radical (unpaired) electrons. The molecule has 1 amide bonds. The van der Waals surface area contributed by atoms with E-state index in [-0.39, 0.29) is 17.2 Å². The van der Waals surface area contributed by atoms with Crippen molar-refractivity contribution >= 4 is 17.5 Å². The molecule has 1 fully saturated rings. The Bertz CT molecular complexity index is 611. The Kier molecular flexibility index (Phi) is 3.98. The Morgan fingerprint density at radius 1 is 1.57 bits per heavy atom. The molecule has 1 aliphatic carbocycles. The van der Waals surface area contributed by atoms with Crippen molar-refractivity contribution in [2.45, 2.75) is 31.5 Å². The molecule has 7 heteroatoms. The quantitative estimate of drug-likeness (QED) is 0.901. The first-order valence-corrected chi connectivity index (χ1v) is 7.18. The fourth-order valence-corrected chi connectivity index (χ4v) is 2.96. The van der Waals surface area contributed by atoms with E-state index >= 15 is 0 Å². The average Bonchev–Trinajstić information content (AvgIpc) is 3.14. The van der Waals surface area contributed by atoms with Crippen LogP contribution in [-0.4, -0.2) is 32.7 Å². The Labute approximate surface area is 126 Å². The molecule has 2 heterocycles. The fourth-order valence-electron chi connectivity index (χ4n) is 2.80. The average molecular weight is 310 g/mol. The third-order valence-electron chi connectivity index (χ3n) is 3.80. The molecular weight excluding hydrogens is 294 g/mol. The summed E-state index contributed by atoms with van der Waals surface area (Å²) >= 11 is 5.65. The van der Waals surface area contributed by atoms with E-state index in [1.54, 1.807) is 12.5 Å². The van der Waals surface area contributed by atoms with Gasteiger partial charge in [0, 0.05) is 25.0 Å². The molecule has 1 unspecified atom stereocenters. The summed E-state index contributed by atoms with van der Waals surface area (Å²) < 4.78 is 6.88. The fraction of sp³-hybridized carbons (Fsp3) is 0.429. The van der Waals surface area contributed by atoms with Gasteiger partial charge < -0.3 is 19.4 Å². The summed E-state index contributed by atoms with van der Waals surface area (Å²) in [6.45, 7) is 0.793. The molecule has 3 rings (SSSR count). The minimum Gasteiger partial charge on any atom is -0.452 e. The van der Waals surface area contributed by atoms with Crippen LogP contribution in [-0.2, 0) is 6.54 Å². The Morgan fingerprint density at radius 2 is 2.43 bits per heavy atom. The van der Waals surface area contributed by atoms with Crippen molar-refractivity contribution in [3.63, 3.8) is 0 Å².